The molecule has 0 saturated heterocycles. The number of hydrogen-bond acceptors (Lipinski definition) is 4. The Bertz CT molecular complexity index is 323. The van der Waals surface area contributed by atoms with Crippen LogP contribution in [0.1, 0.15) is 25.5 Å². The number of nitrogens with one attached hydrogen (secondary N) is 1. The fraction of sp³-hybridized carbons (Fsp3) is 0.700. The van der Waals surface area contributed by atoms with Crippen LogP contribution < -0.4 is 11.1 Å². The number of hydrogen-bond donors (Lipinski definition) is 2. The van der Waals surface area contributed by atoms with Crippen molar-refractivity contribution in [1.29, 1.82) is 0 Å². The number of carbonyl (C=O) groups is 1. The topological polar surface area (TPSA) is 85.8 Å². The first kappa shape index (κ1) is 12.6. The van der Waals surface area contributed by atoms with Gasteiger partial charge in [-0.2, -0.15) is 0 Å². The van der Waals surface area contributed by atoms with E-state index in [1.54, 1.807) is 4.68 Å². The van der Waals surface area contributed by atoms with Crippen LogP contribution in [0, 0.1) is 0 Å². The van der Waals surface area contributed by atoms with Crippen molar-refractivity contribution in [2.24, 2.45) is 5.73 Å². The summed E-state index contributed by atoms with van der Waals surface area (Å²) in [6.07, 6.45) is 4.88. The minimum atomic E-state index is -0.0247. The number of nitrogens with two attached hydrogens (primary N) is 1. The van der Waals surface area contributed by atoms with Gasteiger partial charge in [0.05, 0.1) is 12.2 Å². The van der Waals surface area contributed by atoms with Crippen LogP contribution in [0.4, 0.5) is 0 Å². The summed E-state index contributed by atoms with van der Waals surface area (Å²) in [6.45, 7) is 3.46. The smallest absolute Gasteiger partial charge is 0.216 e. The average molecular weight is 225 g/mol. The van der Waals surface area contributed by atoms with E-state index in [0.717, 1.165) is 31.5 Å². The highest BCUT2D eigenvalue weighted by Crippen LogP contribution is 1.99. The maximum atomic E-state index is 10.6. The van der Waals surface area contributed by atoms with E-state index in [1.165, 1.54) is 6.92 Å². The number of carbonyl (C=O) groups excluding carboxylic acids is 1. The van der Waals surface area contributed by atoms with Crippen LogP contribution in [-0.2, 0) is 17.8 Å². The first-order chi connectivity index (χ1) is 7.72. The Morgan fingerprint density at radius 2 is 2.38 bits per heavy atom. The molecular formula is C10H19N5O. The Morgan fingerprint density at radius 1 is 1.56 bits per heavy atom. The molecule has 6 nitrogen and oxygen atoms in total. The molecule has 1 amide bonds. The third-order valence-electron chi connectivity index (χ3n) is 2.19. The summed E-state index contributed by atoms with van der Waals surface area (Å²) in [6, 6.07) is 0. The molecule has 0 aromatic carbocycles. The first-order valence-corrected chi connectivity index (χ1v) is 5.56. The van der Waals surface area contributed by atoms with Gasteiger partial charge in [0.1, 0.15) is 0 Å². The Balaban J connectivity index is 2.25. The predicted molar refractivity (Wildman–Crippen MR) is 60.7 cm³/mol. The number of amides is 1. The molecule has 6 heteroatoms. The van der Waals surface area contributed by atoms with Crippen molar-refractivity contribution in [3.05, 3.63) is 11.9 Å². The Morgan fingerprint density at radius 3 is 3.06 bits per heavy atom. The molecule has 0 aliphatic rings. The van der Waals surface area contributed by atoms with Crippen LogP contribution in [0.3, 0.4) is 0 Å². The molecule has 1 rings (SSSR count). The standard InChI is InChI=1S/C10H19N5O/c1-9(16)12-6-7-15-8-10(13-14-15)4-2-3-5-11/h8H,2-7,11H2,1H3,(H,12,16). The fourth-order valence-electron chi connectivity index (χ4n) is 1.36. The third kappa shape index (κ3) is 4.88. The second-order valence-corrected chi connectivity index (χ2v) is 3.70. The highest BCUT2D eigenvalue weighted by Gasteiger charge is 2.00. The Labute approximate surface area is 95.2 Å². The van der Waals surface area contributed by atoms with Crippen molar-refractivity contribution in [2.45, 2.75) is 32.7 Å². The zero-order chi connectivity index (χ0) is 11.8. The Hall–Kier alpha value is -1.43. The van der Waals surface area contributed by atoms with Crippen molar-refractivity contribution in [2.75, 3.05) is 13.1 Å². The number of aryl methyl sites for hydroxylation is 1. The van der Waals surface area contributed by atoms with Crippen LogP contribution in [0.25, 0.3) is 0 Å². The van der Waals surface area contributed by atoms with E-state index in [1.807, 2.05) is 6.20 Å². The number of rotatable bonds is 7. The van der Waals surface area contributed by atoms with Gasteiger partial charge in [0.15, 0.2) is 0 Å². The zero-order valence-electron chi connectivity index (χ0n) is 9.65. The van der Waals surface area contributed by atoms with E-state index in [9.17, 15) is 4.79 Å². The first-order valence-electron chi connectivity index (χ1n) is 5.56. The molecule has 0 aliphatic carbocycles. The molecule has 0 saturated carbocycles. The average Bonchev–Trinajstić information content (AvgIpc) is 2.66. The maximum absolute atomic E-state index is 10.6. The molecule has 1 heterocycles. The predicted octanol–water partition coefficient (Wildman–Crippen LogP) is -0.304. The number of unbranched alkanes of at least 4 members (excludes halogenated alkanes) is 1. The fourth-order valence-corrected chi connectivity index (χ4v) is 1.36. The zero-order valence-corrected chi connectivity index (χ0v) is 9.65. The molecule has 1 aromatic rings. The van der Waals surface area contributed by atoms with Crippen molar-refractivity contribution in [3.63, 3.8) is 0 Å². The van der Waals surface area contributed by atoms with Gasteiger partial charge in [0, 0.05) is 19.7 Å². The highest BCUT2D eigenvalue weighted by molar-refractivity contribution is 5.72. The minimum absolute atomic E-state index is 0.0247. The van der Waals surface area contributed by atoms with E-state index < -0.39 is 0 Å². The second-order valence-electron chi connectivity index (χ2n) is 3.70. The lowest BCUT2D eigenvalue weighted by atomic mass is 10.2. The van der Waals surface area contributed by atoms with E-state index >= 15 is 0 Å². The lowest BCUT2D eigenvalue weighted by Gasteiger charge is -2.00. The third-order valence-corrected chi connectivity index (χ3v) is 2.19. The van der Waals surface area contributed by atoms with E-state index in [0.29, 0.717) is 13.1 Å². The van der Waals surface area contributed by atoms with Crippen LogP contribution >= 0.6 is 0 Å². The van der Waals surface area contributed by atoms with Gasteiger partial charge in [0.2, 0.25) is 5.91 Å². The van der Waals surface area contributed by atoms with Crippen molar-refractivity contribution >= 4 is 5.91 Å². The molecule has 0 fully saturated rings. The van der Waals surface area contributed by atoms with Crippen molar-refractivity contribution < 1.29 is 4.79 Å². The number of aromatic nitrogens is 3. The summed E-state index contributed by atoms with van der Waals surface area (Å²) in [5.74, 6) is -0.0247. The molecule has 0 spiro atoms. The molecular weight excluding hydrogens is 206 g/mol. The van der Waals surface area contributed by atoms with Crippen molar-refractivity contribution in [3.8, 4) is 0 Å². The van der Waals surface area contributed by atoms with Gasteiger partial charge >= 0.3 is 0 Å². The molecule has 1 aromatic heterocycles. The molecule has 0 aliphatic heterocycles. The van der Waals surface area contributed by atoms with Gasteiger partial charge in [-0.3, -0.25) is 9.48 Å². The largest absolute Gasteiger partial charge is 0.354 e. The van der Waals surface area contributed by atoms with E-state index in [-0.39, 0.29) is 5.91 Å². The monoisotopic (exact) mass is 225 g/mol. The normalized spacial score (nSPS) is 10.4. The van der Waals surface area contributed by atoms with E-state index in [4.69, 9.17) is 5.73 Å². The summed E-state index contributed by atoms with van der Waals surface area (Å²) in [4.78, 5) is 10.6. The molecule has 0 unspecified atom stereocenters. The van der Waals surface area contributed by atoms with Gasteiger partial charge < -0.3 is 11.1 Å². The quantitative estimate of drug-likeness (QED) is 0.624. The van der Waals surface area contributed by atoms with Gasteiger partial charge in [-0.15, -0.1) is 5.10 Å². The van der Waals surface area contributed by atoms with Crippen LogP contribution in [0.2, 0.25) is 0 Å². The summed E-state index contributed by atoms with van der Waals surface area (Å²) in [5, 5.41) is 10.7. The summed E-state index contributed by atoms with van der Waals surface area (Å²) in [5.41, 5.74) is 6.39. The second kappa shape index (κ2) is 6.95. The van der Waals surface area contributed by atoms with Gasteiger partial charge in [-0.05, 0) is 25.8 Å². The van der Waals surface area contributed by atoms with Crippen LogP contribution in [0.5, 0.6) is 0 Å². The summed E-state index contributed by atoms with van der Waals surface area (Å²) >= 11 is 0. The van der Waals surface area contributed by atoms with Crippen LogP contribution in [-0.4, -0.2) is 34.0 Å². The molecule has 0 radical (unpaired) electrons. The maximum Gasteiger partial charge on any atom is 0.216 e. The molecule has 0 atom stereocenters. The molecule has 0 bridgehead atoms. The summed E-state index contributed by atoms with van der Waals surface area (Å²) in [7, 11) is 0. The lowest BCUT2D eigenvalue weighted by Crippen LogP contribution is -2.24. The van der Waals surface area contributed by atoms with Crippen LogP contribution in [0.15, 0.2) is 6.20 Å². The number of nitrogens with zero attached hydrogens (tertiary/aromatic N) is 3. The van der Waals surface area contributed by atoms with Gasteiger partial charge in [-0.1, -0.05) is 5.21 Å². The lowest BCUT2D eigenvalue weighted by molar-refractivity contribution is -0.118. The van der Waals surface area contributed by atoms with Gasteiger partial charge in [0.25, 0.3) is 0 Å². The van der Waals surface area contributed by atoms with E-state index in [2.05, 4.69) is 15.6 Å². The van der Waals surface area contributed by atoms with Gasteiger partial charge in [-0.25, -0.2) is 0 Å². The molecule has 16 heavy (non-hydrogen) atoms. The molecule has 3 N–H and O–H groups in total. The minimum Gasteiger partial charge on any atom is -0.354 e. The molecule has 90 valence electrons. The SMILES string of the molecule is CC(=O)NCCn1cc(CCCCN)nn1. The highest BCUT2D eigenvalue weighted by atomic mass is 16.1. The summed E-state index contributed by atoms with van der Waals surface area (Å²) < 4.78 is 1.74. The Kier molecular flexibility index (Phi) is 5.49. The van der Waals surface area contributed by atoms with Crippen molar-refractivity contribution in [1.82, 2.24) is 20.3 Å².